The van der Waals surface area contributed by atoms with E-state index in [2.05, 4.69) is 27.9 Å². The van der Waals surface area contributed by atoms with E-state index in [4.69, 9.17) is 21.6 Å². The van der Waals surface area contributed by atoms with Gasteiger partial charge >= 0.3 is 0 Å². The summed E-state index contributed by atoms with van der Waals surface area (Å²) in [5.74, 6) is 3.11. The van der Waals surface area contributed by atoms with Gasteiger partial charge < -0.3 is 20.3 Å². The van der Waals surface area contributed by atoms with Gasteiger partial charge in [0, 0.05) is 11.6 Å². The third-order valence-corrected chi connectivity index (χ3v) is 4.42. The van der Waals surface area contributed by atoms with Crippen LogP contribution in [0.3, 0.4) is 0 Å². The molecule has 6 heteroatoms. The van der Waals surface area contributed by atoms with Gasteiger partial charge in [0.1, 0.15) is 35.5 Å². The van der Waals surface area contributed by atoms with Crippen LogP contribution in [-0.4, -0.2) is 11.7 Å². The van der Waals surface area contributed by atoms with Gasteiger partial charge in [0.05, 0.1) is 10.4 Å². The number of nitriles is 1. The molecule has 0 amide bonds. The number of nitrogens with zero attached hydrogens (tertiary/aromatic N) is 1. The largest absolute Gasteiger partial charge is 0.508 e. The number of hydrogen-bond donors (Lipinski definition) is 2. The van der Waals surface area contributed by atoms with Crippen molar-refractivity contribution in [3.63, 3.8) is 0 Å². The van der Waals surface area contributed by atoms with Crippen LogP contribution in [0.25, 0.3) is 0 Å². The summed E-state index contributed by atoms with van der Waals surface area (Å²) in [5, 5.41) is 19.2. The van der Waals surface area contributed by atoms with E-state index in [0.717, 1.165) is 11.1 Å². The molecule has 0 spiro atoms. The van der Waals surface area contributed by atoms with E-state index in [0.29, 0.717) is 21.5 Å². The van der Waals surface area contributed by atoms with Crippen LogP contribution in [0.15, 0.2) is 52.3 Å². The van der Waals surface area contributed by atoms with Crippen LogP contribution >= 0.6 is 15.9 Å². The van der Waals surface area contributed by atoms with Crippen molar-refractivity contribution in [1.82, 2.24) is 0 Å². The van der Waals surface area contributed by atoms with Crippen molar-refractivity contribution < 1.29 is 14.6 Å². The van der Waals surface area contributed by atoms with Crippen LogP contribution in [-0.2, 0) is 0 Å². The molecule has 0 aromatic heterocycles. The Hall–Kier alpha value is -3.09. The van der Waals surface area contributed by atoms with Gasteiger partial charge in [0.25, 0.3) is 0 Å². The van der Waals surface area contributed by atoms with Crippen LogP contribution in [0, 0.1) is 23.7 Å². The molecule has 2 aromatic carbocycles. The smallest absolute Gasteiger partial charge is 0.205 e. The predicted octanol–water partition coefficient (Wildman–Crippen LogP) is 3.38. The number of benzene rings is 2. The molecule has 25 heavy (non-hydrogen) atoms. The molecule has 124 valence electrons. The second kappa shape index (κ2) is 6.80. The number of phenols is 1. The summed E-state index contributed by atoms with van der Waals surface area (Å²) >= 11 is 3.46. The highest BCUT2D eigenvalue weighted by Crippen LogP contribution is 2.44. The first-order valence-electron chi connectivity index (χ1n) is 7.31. The van der Waals surface area contributed by atoms with Crippen molar-refractivity contribution in [3.05, 3.63) is 63.5 Å². The second-order valence-corrected chi connectivity index (χ2v) is 6.18. The van der Waals surface area contributed by atoms with Gasteiger partial charge in [-0.05, 0) is 39.7 Å². The molecular formula is C19H13BrN2O3. The Kier molecular flexibility index (Phi) is 4.56. The van der Waals surface area contributed by atoms with Crippen LogP contribution < -0.4 is 15.2 Å². The van der Waals surface area contributed by atoms with Crippen molar-refractivity contribution in [2.24, 2.45) is 5.73 Å². The Morgan fingerprint density at radius 3 is 2.80 bits per heavy atom. The molecule has 0 aliphatic carbocycles. The molecule has 3 rings (SSSR count). The highest BCUT2D eigenvalue weighted by atomic mass is 79.9. The molecule has 3 N–H and O–H groups in total. The van der Waals surface area contributed by atoms with Gasteiger partial charge in [0.15, 0.2) is 0 Å². The van der Waals surface area contributed by atoms with Gasteiger partial charge in [-0.25, -0.2) is 0 Å². The molecular weight excluding hydrogens is 384 g/mol. The minimum absolute atomic E-state index is 0.0226. The second-order valence-electron chi connectivity index (χ2n) is 5.33. The van der Waals surface area contributed by atoms with E-state index in [1.165, 1.54) is 6.07 Å². The number of hydrogen-bond acceptors (Lipinski definition) is 5. The van der Waals surface area contributed by atoms with E-state index >= 15 is 0 Å². The van der Waals surface area contributed by atoms with Crippen molar-refractivity contribution >= 4 is 15.9 Å². The van der Waals surface area contributed by atoms with E-state index in [1.807, 2.05) is 12.1 Å². The average Bonchev–Trinajstić information content (AvgIpc) is 2.59. The first kappa shape index (κ1) is 16.8. The van der Waals surface area contributed by atoms with Crippen molar-refractivity contribution in [2.45, 2.75) is 5.92 Å². The van der Waals surface area contributed by atoms with E-state index in [9.17, 15) is 10.4 Å². The fraction of sp³-hybridized carbons (Fsp3) is 0.105. The normalized spacial score (nSPS) is 15.6. The summed E-state index contributed by atoms with van der Waals surface area (Å²) in [6, 6.07) is 12.3. The first-order chi connectivity index (χ1) is 12.0. The molecule has 1 unspecified atom stereocenters. The fourth-order valence-electron chi connectivity index (χ4n) is 2.72. The Balaban J connectivity index is 2.10. The topological polar surface area (TPSA) is 88.5 Å². The molecule has 5 nitrogen and oxygen atoms in total. The van der Waals surface area contributed by atoms with Gasteiger partial charge in [-0.15, -0.1) is 6.42 Å². The minimum Gasteiger partial charge on any atom is -0.508 e. The lowest BCUT2D eigenvalue weighted by Gasteiger charge is -2.26. The Morgan fingerprint density at radius 2 is 2.12 bits per heavy atom. The van der Waals surface area contributed by atoms with Crippen molar-refractivity contribution in [3.8, 4) is 35.7 Å². The number of ether oxygens (including phenoxy) is 2. The summed E-state index contributed by atoms with van der Waals surface area (Å²) in [6.07, 6.45) is 5.21. The predicted molar refractivity (Wildman–Crippen MR) is 95.9 cm³/mol. The first-order valence-corrected chi connectivity index (χ1v) is 8.10. The minimum atomic E-state index is -0.410. The molecule has 0 fully saturated rings. The SMILES string of the molecule is C#CCOc1ccc(C2C(C#N)=C(N)Oc3cc(O)ccc32)cc1Br. The standard InChI is InChI=1S/C19H13BrN2O3/c1-2-7-24-16-6-3-11(8-15(16)20)18-13-5-4-12(23)9-17(13)25-19(22)14(18)10-21/h1,3-6,8-9,18,23H,7,22H2. The van der Waals surface area contributed by atoms with Gasteiger partial charge in [-0.1, -0.05) is 18.1 Å². The van der Waals surface area contributed by atoms with Gasteiger partial charge in [0.2, 0.25) is 5.88 Å². The monoisotopic (exact) mass is 396 g/mol. The Labute approximate surface area is 153 Å². The number of fused-ring (bicyclic) bond motifs is 1. The molecule has 0 saturated carbocycles. The molecule has 0 bridgehead atoms. The third kappa shape index (κ3) is 3.13. The zero-order chi connectivity index (χ0) is 18.0. The van der Waals surface area contributed by atoms with E-state index in [-0.39, 0.29) is 18.2 Å². The summed E-state index contributed by atoms with van der Waals surface area (Å²) in [4.78, 5) is 0. The van der Waals surface area contributed by atoms with E-state index in [1.54, 1.807) is 18.2 Å². The maximum atomic E-state index is 9.68. The molecule has 1 aliphatic rings. The highest BCUT2D eigenvalue weighted by molar-refractivity contribution is 9.10. The lowest BCUT2D eigenvalue weighted by atomic mass is 9.83. The molecule has 1 heterocycles. The maximum Gasteiger partial charge on any atom is 0.205 e. The Morgan fingerprint density at radius 1 is 1.32 bits per heavy atom. The van der Waals surface area contributed by atoms with Gasteiger partial charge in [-0.2, -0.15) is 5.26 Å². The molecule has 0 radical (unpaired) electrons. The number of aromatic hydroxyl groups is 1. The lowest BCUT2D eigenvalue weighted by molar-refractivity contribution is 0.367. The maximum absolute atomic E-state index is 9.68. The van der Waals surface area contributed by atoms with Crippen LogP contribution in [0.1, 0.15) is 17.0 Å². The van der Waals surface area contributed by atoms with E-state index < -0.39 is 5.92 Å². The zero-order valence-corrected chi connectivity index (χ0v) is 14.6. The summed E-state index contributed by atoms with van der Waals surface area (Å²) in [7, 11) is 0. The summed E-state index contributed by atoms with van der Waals surface area (Å²) in [5.41, 5.74) is 7.79. The lowest BCUT2D eigenvalue weighted by Crippen LogP contribution is -2.21. The van der Waals surface area contributed by atoms with Crippen molar-refractivity contribution in [2.75, 3.05) is 6.61 Å². The van der Waals surface area contributed by atoms with Gasteiger partial charge in [-0.3, -0.25) is 0 Å². The van der Waals surface area contributed by atoms with Crippen molar-refractivity contribution in [1.29, 1.82) is 5.26 Å². The number of nitrogens with two attached hydrogens (primary N) is 1. The number of halogens is 1. The van der Waals surface area contributed by atoms with Crippen LogP contribution in [0.2, 0.25) is 0 Å². The van der Waals surface area contributed by atoms with Crippen LogP contribution in [0.5, 0.6) is 17.2 Å². The average molecular weight is 397 g/mol. The number of rotatable bonds is 3. The quantitative estimate of drug-likeness (QED) is 0.776. The zero-order valence-electron chi connectivity index (χ0n) is 13.0. The Bertz CT molecular complexity index is 954. The number of allylic oxidation sites excluding steroid dienone is 1. The highest BCUT2D eigenvalue weighted by Gasteiger charge is 2.31. The molecule has 1 aliphatic heterocycles. The summed E-state index contributed by atoms with van der Waals surface area (Å²) < 4.78 is 11.6. The molecule has 0 saturated heterocycles. The molecule has 2 aromatic rings. The fourth-order valence-corrected chi connectivity index (χ4v) is 3.23. The molecule has 1 atom stereocenters. The number of phenolic OH excluding ortho intramolecular Hbond substituents is 1. The number of terminal acetylenes is 1. The van der Waals surface area contributed by atoms with Crippen LogP contribution in [0.4, 0.5) is 0 Å². The third-order valence-electron chi connectivity index (χ3n) is 3.80. The summed E-state index contributed by atoms with van der Waals surface area (Å²) in [6.45, 7) is 0.160.